The normalized spacial score (nSPS) is 12.0. The molecular formula is C40H38FeN2O3P+. The first kappa shape index (κ1) is 38.5. The van der Waals surface area contributed by atoms with Crippen LogP contribution < -0.4 is 21.2 Å². The number of allylic oxidation sites excluding steroid dienone is 1. The van der Waals surface area contributed by atoms with E-state index in [4.69, 9.17) is 4.79 Å². The van der Waals surface area contributed by atoms with Crippen molar-refractivity contribution in [3.8, 4) is 0 Å². The first-order valence-corrected chi connectivity index (χ1v) is 16.3. The average molecular weight is 682 g/mol. The molecule has 0 spiro atoms. The van der Waals surface area contributed by atoms with Crippen LogP contribution in [0.5, 0.6) is 0 Å². The summed E-state index contributed by atoms with van der Waals surface area (Å²) >= 11 is 0. The van der Waals surface area contributed by atoms with Gasteiger partial charge in [0.1, 0.15) is 15.9 Å². The Balaban J connectivity index is 0.000000267. The second-order valence-electron chi connectivity index (χ2n) is 10.2. The molecule has 1 aliphatic heterocycles. The van der Waals surface area contributed by atoms with E-state index in [1.165, 1.54) is 15.9 Å². The second-order valence-corrected chi connectivity index (χ2v) is 12.7. The van der Waals surface area contributed by atoms with E-state index >= 15 is 0 Å². The summed E-state index contributed by atoms with van der Waals surface area (Å²) < 4.78 is 0. The van der Waals surface area contributed by atoms with Crippen molar-refractivity contribution in [3.63, 3.8) is 0 Å². The van der Waals surface area contributed by atoms with E-state index in [1.54, 1.807) is 24.3 Å². The maximum atomic E-state index is 12.2. The Morgan fingerprint density at radius 2 is 1.30 bits per heavy atom. The van der Waals surface area contributed by atoms with E-state index in [0.29, 0.717) is 17.6 Å². The van der Waals surface area contributed by atoms with Crippen LogP contribution >= 0.6 is 7.92 Å². The van der Waals surface area contributed by atoms with Crippen molar-refractivity contribution in [2.24, 2.45) is 0 Å². The Hall–Kier alpha value is -4.73. The third-order valence-corrected chi connectivity index (χ3v) is 9.59. The van der Waals surface area contributed by atoms with Gasteiger partial charge in [-0.1, -0.05) is 84.9 Å². The molecule has 1 heterocycles. The molecule has 1 N–H and O–H groups in total. The predicted molar refractivity (Wildman–Crippen MR) is 191 cm³/mol. The van der Waals surface area contributed by atoms with Gasteiger partial charge in [-0.25, -0.2) is 0 Å². The van der Waals surface area contributed by atoms with Crippen molar-refractivity contribution in [3.05, 3.63) is 181 Å². The number of nitrogens with one attached hydrogen (secondary N) is 1. The van der Waals surface area contributed by atoms with Gasteiger partial charge in [0.25, 0.3) is 0 Å². The van der Waals surface area contributed by atoms with Gasteiger partial charge < -0.3 is 50.1 Å². The zero-order valence-corrected chi connectivity index (χ0v) is 28.5. The van der Waals surface area contributed by atoms with Gasteiger partial charge in [0, 0.05) is 5.57 Å². The Labute approximate surface area is 290 Å². The molecule has 0 bridgehead atoms. The standard InChI is InChI=1S/C18H15P.C16H17N2O2.C5H4.CHO.Fe/c1-4-10-16(11-5-1)19(17-12-6-2-7-13-17)18-14-8-3-9-15-18;1-12(14-6-4-3-5-7-14)17-16(20)15-8-13(11-19)9-18(2)10-15;1-2-4-5-3-1;1-2;/h1-15H;3-7,9-10,12H,8H2,1-2H3,(H,17,20);1-4H;1H;/q;-1;-2;-1;+4/p+1/t;12-;;;/m.1.../s1. The fraction of sp³-hybridized carbons (Fsp3) is 0.100. The van der Waals surface area contributed by atoms with Crippen molar-refractivity contribution in [2.45, 2.75) is 19.4 Å². The van der Waals surface area contributed by atoms with Crippen LogP contribution in [0.3, 0.4) is 0 Å². The fourth-order valence-corrected chi connectivity index (χ4v) is 7.31. The number of nitrogens with zero attached hydrogens (tertiary/aromatic N) is 1. The quantitative estimate of drug-likeness (QED) is 0.0965. The molecule has 0 fully saturated rings. The van der Waals surface area contributed by atoms with Gasteiger partial charge in [-0.15, -0.1) is 6.20 Å². The third kappa shape index (κ3) is 12.9. The molecule has 47 heavy (non-hydrogen) atoms. The van der Waals surface area contributed by atoms with Crippen molar-refractivity contribution in [2.75, 3.05) is 7.05 Å². The number of carbonyl (C=O) groups excluding carboxylic acids is 3. The van der Waals surface area contributed by atoms with Crippen LogP contribution in [0.2, 0.25) is 0 Å². The van der Waals surface area contributed by atoms with Gasteiger partial charge in [0.05, 0.1) is 14.0 Å². The van der Waals surface area contributed by atoms with E-state index in [0.717, 1.165) is 5.56 Å². The Bertz CT molecular complexity index is 1520. The molecule has 5 nitrogen and oxygen atoms in total. The molecule has 6 rings (SSSR count). The van der Waals surface area contributed by atoms with Gasteiger partial charge in [-0.2, -0.15) is 5.57 Å². The first-order valence-electron chi connectivity index (χ1n) is 14.8. The number of amides is 1. The molecule has 238 valence electrons. The average Bonchev–Trinajstić information content (AvgIpc) is 3.72. The zero-order chi connectivity index (χ0) is 33.0. The molecule has 1 atom stereocenters. The summed E-state index contributed by atoms with van der Waals surface area (Å²) in [5.74, 6) is -0.158. The van der Waals surface area contributed by atoms with E-state index in [9.17, 15) is 9.59 Å². The van der Waals surface area contributed by atoms with Crippen molar-refractivity contribution in [1.29, 1.82) is 0 Å². The van der Waals surface area contributed by atoms with Crippen LogP contribution in [0.4, 0.5) is 0 Å². The molecule has 5 aromatic carbocycles. The molecule has 0 saturated carbocycles. The summed E-state index contributed by atoms with van der Waals surface area (Å²) in [6.45, 7) is 5.18. The van der Waals surface area contributed by atoms with E-state index in [1.807, 2.05) is 67.8 Å². The molecule has 5 aromatic rings. The zero-order valence-electron chi connectivity index (χ0n) is 26.4. The van der Waals surface area contributed by atoms with E-state index < -0.39 is 7.92 Å². The summed E-state index contributed by atoms with van der Waals surface area (Å²) in [5.41, 5.74) is 2.09. The van der Waals surface area contributed by atoms with Crippen LogP contribution in [0.25, 0.3) is 0 Å². The minimum Gasteiger partial charge on any atom is -0.545 e. The van der Waals surface area contributed by atoms with Gasteiger partial charge >= 0.3 is 17.1 Å². The van der Waals surface area contributed by atoms with Crippen molar-refractivity contribution in [1.82, 2.24) is 10.2 Å². The first-order chi connectivity index (χ1) is 22.5. The minimum atomic E-state index is -0.877. The molecule has 0 aliphatic carbocycles. The SMILES string of the molecule is C[C@@H](NC(=O)C1=CN(C)C=C([C-]=O)C1)c1ccccc1.[CH-]=O.[Fe+4].[c-]1cc[cH-]c1.c1ccc([PH+](c2ccccc2)c2ccccc2)cc1. The van der Waals surface area contributed by atoms with Crippen LogP contribution in [-0.4, -0.2) is 30.9 Å². The Kier molecular flexibility index (Phi) is 17.9. The van der Waals surface area contributed by atoms with Crippen molar-refractivity contribution < 1.29 is 31.5 Å². The van der Waals surface area contributed by atoms with Crippen LogP contribution in [-0.2, 0) is 31.5 Å². The monoisotopic (exact) mass is 681 g/mol. The number of hydrogen-bond donors (Lipinski definition) is 1. The van der Waals surface area contributed by atoms with E-state index in [-0.39, 0.29) is 29.0 Å². The largest absolute Gasteiger partial charge is 4.00 e. The minimum absolute atomic E-state index is 0. The van der Waals surface area contributed by atoms with Crippen LogP contribution in [0, 0.1) is 6.07 Å². The second kappa shape index (κ2) is 21.9. The molecule has 0 aromatic heterocycles. The molecule has 1 aliphatic rings. The summed E-state index contributed by atoms with van der Waals surface area (Å²) in [4.78, 5) is 32.4. The van der Waals surface area contributed by atoms with Gasteiger partial charge in [-0.3, -0.25) is 11.6 Å². The molecule has 0 unspecified atom stereocenters. The van der Waals surface area contributed by atoms with Gasteiger partial charge in [0.2, 0.25) is 5.91 Å². The van der Waals surface area contributed by atoms with Gasteiger partial charge in [-0.05, 0) is 74.8 Å². The summed E-state index contributed by atoms with van der Waals surface area (Å²) in [5, 5.41) is 7.25. The number of rotatable bonds is 7. The predicted octanol–water partition coefficient (Wildman–Crippen LogP) is 6.18. The maximum absolute atomic E-state index is 12.2. The summed E-state index contributed by atoms with van der Waals surface area (Å²) in [6, 6.07) is 52.7. The molecule has 0 radical (unpaired) electrons. The molecule has 0 saturated heterocycles. The van der Waals surface area contributed by atoms with Crippen molar-refractivity contribution >= 4 is 42.8 Å². The summed E-state index contributed by atoms with van der Waals surface area (Å²) in [7, 11) is 0.905. The molecular weight excluding hydrogens is 643 g/mol. The van der Waals surface area contributed by atoms with Crippen LogP contribution in [0.15, 0.2) is 169 Å². The van der Waals surface area contributed by atoms with Gasteiger partial charge in [0.15, 0.2) is 0 Å². The number of hydrogen-bond acceptors (Lipinski definition) is 4. The number of carbonyl (C=O) groups is 1. The molecule has 1 amide bonds. The molecule has 7 heteroatoms. The van der Waals surface area contributed by atoms with E-state index in [2.05, 4.69) is 109 Å². The third-order valence-electron chi connectivity index (χ3n) is 6.85. The Morgan fingerprint density at radius 1 is 0.830 bits per heavy atom. The maximum Gasteiger partial charge on any atom is 4.00 e. The smallest absolute Gasteiger partial charge is 0.545 e. The summed E-state index contributed by atoms with van der Waals surface area (Å²) in [6.07, 6.45) is 5.57. The van der Waals surface area contributed by atoms with Crippen LogP contribution in [0.1, 0.15) is 24.9 Å². The Morgan fingerprint density at radius 3 is 1.68 bits per heavy atom. The fourth-order valence-electron chi connectivity index (χ4n) is 4.73. The topological polar surface area (TPSA) is 66.5 Å². The number of benzene rings is 4.